The Morgan fingerprint density at radius 3 is 2.88 bits per heavy atom. The molecule has 1 aromatic heterocycles. The zero-order valence-corrected chi connectivity index (χ0v) is 11.1. The molecule has 1 aliphatic heterocycles. The summed E-state index contributed by atoms with van der Waals surface area (Å²) in [5.74, 6) is 1.99. The molecule has 0 spiro atoms. The molecule has 3 heteroatoms. The second-order valence-electron chi connectivity index (χ2n) is 4.97. The highest BCUT2D eigenvalue weighted by Gasteiger charge is 2.21. The second-order valence-corrected chi connectivity index (χ2v) is 4.97. The van der Waals surface area contributed by atoms with Crippen LogP contribution in [-0.4, -0.2) is 25.1 Å². The van der Waals surface area contributed by atoms with Gasteiger partial charge in [0.2, 0.25) is 0 Å². The second kappa shape index (κ2) is 5.50. The van der Waals surface area contributed by atoms with Gasteiger partial charge in [-0.3, -0.25) is 0 Å². The van der Waals surface area contributed by atoms with Gasteiger partial charge in [-0.1, -0.05) is 19.4 Å². The fourth-order valence-electron chi connectivity index (χ4n) is 2.38. The quantitative estimate of drug-likeness (QED) is 0.866. The molecule has 2 heterocycles. The smallest absolute Gasteiger partial charge is 0.128 e. The summed E-state index contributed by atoms with van der Waals surface area (Å²) < 4.78 is 0. The lowest BCUT2D eigenvalue weighted by molar-refractivity contribution is 0.568. The van der Waals surface area contributed by atoms with Crippen molar-refractivity contribution in [2.75, 3.05) is 25.0 Å². The SMILES string of the molecule is CCC1CCN(c2ccc(C(C)NC)cn2)C1. The molecule has 0 aliphatic carbocycles. The molecule has 1 saturated heterocycles. The van der Waals surface area contributed by atoms with Crippen LogP contribution in [-0.2, 0) is 0 Å². The van der Waals surface area contributed by atoms with Crippen molar-refractivity contribution in [2.45, 2.75) is 32.7 Å². The first-order valence-corrected chi connectivity index (χ1v) is 6.62. The Morgan fingerprint density at radius 1 is 1.53 bits per heavy atom. The number of nitrogens with zero attached hydrogens (tertiary/aromatic N) is 2. The summed E-state index contributed by atoms with van der Waals surface area (Å²) in [5, 5.41) is 3.23. The van der Waals surface area contributed by atoms with E-state index in [2.05, 4.69) is 41.2 Å². The van der Waals surface area contributed by atoms with Gasteiger partial charge in [0.1, 0.15) is 5.82 Å². The van der Waals surface area contributed by atoms with Gasteiger partial charge >= 0.3 is 0 Å². The maximum absolute atomic E-state index is 4.58. The monoisotopic (exact) mass is 233 g/mol. The van der Waals surface area contributed by atoms with Crippen LogP contribution in [0.15, 0.2) is 18.3 Å². The van der Waals surface area contributed by atoms with Gasteiger partial charge in [0.15, 0.2) is 0 Å². The molecule has 1 aromatic rings. The summed E-state index contributed by atoms with van der Waals surface area (Å²) in [5.41, 5.74) is 1.25. The Kier molecular flexibility index (Phi) is 4.00. The van der Waals surface area contributed by atoms with Gasteiger partial charge in [0.25, 0.3) is 0 Å². The maximum atomic E-state index is 4.58. The topological polar surface area (TPSA) is 28.2 Å². The van der Waals surface area contributed by atoms with E-state index in [0.29, 0.717) is 6.04 Å². The minimum atomic E-state index is 0.374. The number of nitrogens with one attached hydrogen (secondary N) is 1. The predicted molar refractivity (Wildman–Crippen MR) is 72.3 cm³/mol. The minimum Gasteiger partial charge on any atom is -0.356 e. The average Bonchev–Trinajstić information content (AvgIpc) is 2.87. The highest BCUT2D eigenvalue weighted by atomic mass is 15.2. The van der Waals surface area contributed by atoms with Crippen LogP contribution in [0.3, 0.4) is 0 Å². The minimum absolute atomic E-state index is 0.374. The molecular weight excluding hydrogens is 210 g/mol. The Hall–Kier alpha value is -1.09. The Morgan fingerprint density at radius 2 is 2.35 bits per heavy atom. The van der Waals surface area contributed by atoms with E-state index in [9.17, 15) is 0 Å². The fraction of sp³-hybridized carbons (Fsp3) is 0.643. The van der Waals surface area contributed by atoms with Gasteiger partial charge in [0.05, 0.1) is 0 Å². The number of rotatable bonds is 4. The van der Waals surface area contributed by atoms with Crippen molar-refractivity contribution < 1.29 is 0 Å². The number of anilines is 1. The summed E-state index contributed by atoms with van der Waals surface area (Å²) in [6, 6.07) is 4.71. The number of hydrogen-bond acceptors (Lipinski definition) is 3. The van der Waals surface area contributed by atoms with E-state index in [1.807, 2.05) is 13.2 Å². The Balaban J connectivity index is 2.03. The van der Waals surface area contributed by atoms with Crippen LogP contribution in [0.5, 0.6) is 0 Å². The molecule has 0 radical (unpaired) electrons. The van der Waals surface area contributed by atoms with Gasteiger partial charge in [-0.15, -0.1) is 0 Å². The van der Waals surface area contributed by atoms with Gasteiger partial charge < -0.3 is 10.2 Å². The molecule has 0 aromatic carbocycles. The highest BCUT2D eigenvalue weighted by molar-refractivity contribution is 5.40. The summed E-state index contributed by atoms with van der Waals surface area (Å²) >= 11 is 0. The van der Waals surface area contributed by atoms with E-state index >= 15 is 0 Å². The largest absolute Gasteiger partial charge is 0.356 e. The van der Waals surface area contributed by atoms with Crippen molar-refractivity contribution in [2.24, 2.45) is 5.92 Å². The predicted octanol–water partition coefficient (Wildman–Crippen LogP) is 2.60. The van der Waals surface area contributed by atoms with Crippen molar-refractivity contribution in [3.63, 3.8) is 0 Å². The van der Waals surface area contributed by atoms with Crippen LogP contribution < -0.4 is 10.2 Å². The van der Waals surface area contributed by atoms with Crippen molar-refractivity contribution in [3.05, 3.63) is 23.9 Å². The van der Waals surface area contributed by atoms with Crippen LogP contribution in [0.25, 0.3) is 0 Å². The van der Waals surface area contributed by atoms with Crippen LogP contribution >= 0.6 is 0 Å². The lowest BCUT2D eigenvalue weighted by atomic mass is 10.1. The van der Waals surface area contributed by atoms with E-state index in [1.165, 1.54) is 24.9 Å². The third kappa shape index (κ3) is 2.78. The third-order valence-electron chi connectivity index (χ3n) is 3.89. The summed E-state index contributed by atoms with van der Waals surface area (Å²) in [7, 11) is 1.98. The first kappa shape index (κ1) is 12.4. The van der Waals surface area contributed by atoms with Crippen molar-refractivity contribution in [3.8, 4) is 0 Å². The molecule has 17 heavy (non-hydrogen) atoms. The van der Waals surface area contributed by atoms with E-state index in [1.54, 1.807) is 0 Å². The zero-order valence-electron chi connectivity index (χ0n) is 11.1. The molecular formula is C14H23N3. The summed E-state index contributed by atoms with van der Waals surface area (Å²) in [6.07, 6.45) is 4.59. The lowest BCUT2D eigenvalue weighted by Gasteiger charge is -2.18. The van der Waals surface area contributed by atoms with Crippen LogP contribution in [0.2, 0.25) is 0 Å². The van der Waals surface area contributed by atoms with E-state index < -0.39 is 0 Å². The molecule has 94 valence electrons. The molecule has 3 nitrogen and oxygen atoms in total. The third-order valence-corrected chi connectivity index (χ3v) is 3.89. The molecule has 0 bridgehead atoms. The zero-order chi connectivity index (χ0) is 12.3. The normalized spacial score (nSPS) is 21.8. The molecule has 2 unspecified atom stereocenters. The molecule has 2 atom stereocenters. The maximum Gasteiger partial charge on any atom is 0.128 e. The summed E-state index contributed by atoms with van der Waals surface area (Å²) in [6.45, 7) is 6.76. The molecule has 0 amide bonds. The van der Waals surface area contributed by atoms with Gasteiger partial charge in [-0.05, 0) is 37.9 Å². The van der Waals surface area contributed by atoms with Crippen LogP contribution in [0, 0.1) is 5.92 Å². The average molecular weight is 233 g/mol. The molecule has 1 fully saturated rings. The van der Waals surface area contributed by atoms with Crippen molar-refractivity contribution in [1.29, 1.82) is 0 Å². The van der Waals surface area contributed by atoms with Crippen molar-refractivity contribution in [1.82, 2.24) is 10.3 Å². The lowest BCUT2D eigenvalue weighted by Crippen LogP contribution is -2.21. The van der Waals surface area contributed by atoms with Crippen LogP contribution in [0.1, 0.15) is 38.3 Å². The summed E-state index contributed by atoms with van der Waals surface area (Å²) in [4.78, 5) is 6.99. The van der Waals surface area contributed by atoms with E-state index in [-0.39, 0.29) is 0 Å². The molecule has 1 N–H and O–H groups in total. The van der Waals surface area contributed by atoms with Gasteiger partial charge in [-0.25, -0.2) is 4.98 Å². The number of hydrogen-bond donors (Lipinski definition) is 1. The van der Waals surface area contributed by atoms with E-state index in [0.717, 1.165) is 18.3 Å². The Labute approximate surface area is 104 Å². The fourth-order valence-corrected chi connectivity index (χ4v) is 2.38. The van der Waals surface area contributed by atoms with E-state index in [4.69, 9.17) is 0 Å². The van der Waals surface area contributed by atoms with Crippen molar-refractivity contribution >= 4 is 5.82 Å². The highest BCUT2D eigenvalue weighted by Crippen LogP contribution is 2.24. The van der Waals surface area contributed by atoms with Gasteiger partial charge in [0, 0.05) is 25.3 Å². The Bertz CT molecular complexity index is 347. The van der Waals surface area contributed by atoms with Crippen LogP contribution in [0.4, 0.5) is 5.82 Å². The first-order chi connectivity index (χ1) is 8.24. The molecule has 0 saturated carbocycles. The number of aromatic nitrogens is 1. The number of pyridine rings is 1. The van der Waals surface area contributed by atoms with Gasteiger partial charge in [-0.2, -0.15) is 0 Å². The molecule has 2 rings (SSSR count). The first-order valence-electron chi connectivity index (χ1n) is 6.62. The standard InChI is InChI=1S/C14H23N3/c1-4-12-7-8-17(10-12)14-6-5-13(9-16-14)11(2)15-3/h5-6,9,11-12,15H,4,7-8,10H2,1-3H3. The molecule has 1 aliphatic rings.